The lowest BCUT2D eigenvalue weighted by atomic mass is 9.89. The van der Waals surface area contributed by atoms with Gasteiger partial charge in [0, 0.05) is 36.9 Å². The molecule has 46 heavy (non-hydrogen) atoms. The van der Waals surface area contributed by atoms with Crippen LogP contribution in [0.25, 0.3) is 0 Å². The smallest absolute Gasteiger partial charge is 0.323 e. The van der Waals surface area contributed by atoms with E-state index in [1.807, 2.05) is 80.6 Å². The molecule has 4 aromatic rings. The summed E-state index contributed by atoms with van der Waals surface area (Å²) < 4.78 is 10.9. The number of carbonyl (C=O) groups excluding carboxylic acids is 3. The first kappa shape index (κ1) is 32.2. The fourth-order valence-corrected chi connectivity index (χ4v) is 5.82. The predicted octanol–water partition coefficient (Wildman–Crippen LogP) is 6.61. The van der Waals surface area contributed by atoms with Gasteiger partial charge in [0.1, 0.15) is 5.75 Å². The Bertz CT molecular complexity index is 1660. The normalized spacial score (nSPS) is 16.0. The van der Waals surface area contributed by atoms with Crippen LogP contribution < -0.4 is 20.7 Å². The average Bonchev–Trinajstić information content (AvgIpc) is 3.47. The number of rotatable bonds is 11. The molecule has 0 saturated carbocycles. The van der Waals surface area contributed by atoms with Crippen LogP contribution in [-0.2, 0) is 27.3 Å². The molecule has 1 aliphatic heterocycles. The predicted molar refractivity (Wildman–Crippen MR) is 180 cm³/mol. The van der Waals surface area contributed by atoms with Gasteiger partial charge in [-0.15, -0.1) is 0 Å². The van der Waals surface area contributed by atoms with E-state index in [0.717, 1.165) is 29.8 Å². The zero-order valence-electron chi connectivity index (χ0n) is 26.4. The van der Waals surface area contributed by atoms with Gasteiger partial charge in [-0.3, -0.25) is 14.5 Å². The van der Waals surface area contributed by atoms with Gasteiger partial charge in [-0.25, -0.2) is 4.79 Å². The zero-order valence-corrected chi connectivity index (χ0v) is 26.4. The summed E-state index contributed by atoms with van der Waals surface area (Å²) in [4.78, 5) is 40.7. The summed E-state index contributed by atoms with van der Waals surface area (Å²) in [6.45, 7) is 6.23. The molecule has 9 nitrogen and oxygen atoms in total. The molecule has 1 heterocycles. The number of carbonyl (C=O) groups is 3. The number of esters is 1. The van der Waals surface area contributed by atoms with Gasteiger partial charge < -0.3 is 25.4 Å². The van der Waals surface area contributed by atoms with Crippen molar-refractivity contribution >= 4 is 35.0 Å². The second kappa shape index (κ2) is 15.2. The minimum atomic E-state index is -0.392. The molecule has 9 heteroatoms. The van der Waals surface area contributed by atoms with Crippen molar-refractivity contribution in [3.8, 4) is 5.75 Å². The lowest BCUT2D eigenvalue weighted by Gasteiger charge is -2.18. The first-order valence-corrected chi connectivity index (χ1v) is 15.5. The van der Waals surface area contributed by atoms with Gasteiger partial charge in [0.25, 0.3) is 0 Å². The topological polar surface area (TPSA) is 109 Å². The third-order valence-corrected chi connectivity index (χ3v) is 8.13. The Morgan fingerprint density at radius 3 is 2.24 bits per heavy atom. The van der Waals surface area contributed by atoms with Crippen molar-refractivity contribution in [2.24, 2.45) is 5.92 Å². The maximum atomic E-state index is 13.0. The molecule has 2 unspecified atom stereocenters. The van der Waals surface area contributed by atoms with Crippen LogP contribution >= 0.6 is 0 Å². The van der Waals surface area contributed by atoms with Gasteiger partial charge >= 0.3 is 12.0 Å². The molecule has 4 aromatic carbocycles. The van der Waals surface area contributed by atoms with Gasteiger partial charge in [0.2, 0.25) is 5.91 Å². The first-order valence-electron chi connectivity index (χ1n) is 15.5. The second-order valence-corrected chi connectivity index (χ2v) is 11.4. The van der Waals surface area contributed by atoms with Crippen molar-refractivity contribution < 1.29 is 23.9 Å². The maximum absolute atomic E-state index is 13.0. The molecule has 5 rings (SSSR count). The zero-order chi connectivity index (χ0) is 32.5. The highest BCUT2D eigenvalue weighted by atomic mass is 16.5. The molecular weight excluding hydrogens is 580 g/mol. The quantitative estimate of drug-likeness (QED) is 0.163. The highest BCUT2D eigenvalue weighted by Gasteiger charge is 2.39. The summed E-state index contributed by atoms with van der Waals surface area (Å²) in [5.41, 5.74) is 5.79. The standard InChI is InChI=1S/C37H40N4O5/c1-4-46-36(43)31-24-41(22-26-11-6-5-7-12-26)23-30(31)28-15-17-29(18-16-28)38-35(42)21-27-14-19-33(34(20-27)45-3)40-37(44)39-32-13-9-8-10-25(32)2/h5-20,30-31H,4,21-24H2,1-3H3,(H,38,42)(H2,39,40,44). The summed E-state index contributed by atoms with van der Waals surface area (Å²) in [6.07, 6.45) is 0.121. The number of nitrogens with zero attached hydrogens (tertiary/aromatic N) is 1. The van der Waals surface area contributed by atoms with E-state index in [1.165, 1.54) is 12.7 Å². The molecule has 0 aromatic heterocycles. The van der Waals surface area contributed by atoms with Crippen LogP contribution in [0.5, 0.6) is 5.75 Å². The van der Waals surface area contributed by atoms with Gasteiger partial charge in [-0.05, 0) is 66.4 Å². The molecule has 1 saturated heterocycles. The number of benzene rings is 4. The van der Waals surface area contributed by atoms with Crippen molar-refractivity contribution in [2.45, 2.75) is 32.7 Å². The van der Waals surface area contributed by atoms with Crippen molar-refractivity contribution in [3.63, 3.8) is 0 Å². The molecular formula is C37H40N4O5. The highest BCUT2D eigenvalue weighted by molar-refractivity contribution is 6.01. The van der Waals surface area contributed by atoms with Gasteiger partial charge in [0.05, 0.1) is 31.7 Å². The Labute approximate surface area is 269 Å². The number of anilines is 3. The minimum Gasteiger partial charge on any atom is -0.495 e. The monoisotopic (exact) mass is 620 g/mol. The summed E-state index contributed by atoms with van der Waals surface area (Å²) in [5, 5.41) is 8.61. The van der Waals surface area contributed by atoms with Crippen LogP contribution in [0.2, 0.25) is 0 Å². The van der Waals surface area contributed by atoms with Crippen LogP contribution in [0.4, 0.5) is 21.9 Å². The van der Waals surface area contributed by atoms with Crippen LogP contribution in [0.15, 0.2) is 97.1 Å². The lowest BCUT2D eigenvalue weighted by molar-refractivity contribution is -0.148. The number of likely N-dealkylation sites (tertiary alicyclic amines) is 1. The SMILES string of the molecule is CCOC(=O)C1CN(Cc2ccccc2)CC1c1ccc(NC(=O)Cc2ccc(NC(=O)Nc3ccccc3C)c(OC)c2)cc1. The molecule has 0 aliphatic carbocycles. The molecule has 1 aliphatic rings. The first-order chi connectivity index (χ1) is 22.3. The summed E-state index contributed by atoms with van der Waals surface area (Å²) in [5.74, 6) is -0.185. The Morgan fingerprint density at radius 1 is 0.804 bits per heavy atom. The van der Waals surface area contributed by atoms with Gasteiger partial charge in [0.15, 0.2) is 0 Å². The van der Waals surface area contributed by atoms with Crippen molar-refractivity contribution in [1.82, 2.24) is 4.90 Å². The van der Waals surface area contributed by atoms with E-state index in [9.17, 15) is 14.4 Å². The van der Waals surface area contributed by atoms with E-state index in [1.54, 1.807) is 18.2 Å². The Kier molecular flexibility index (Phi) is 10.7. The van der Waals surface area contributed by atoms with E-state index < -0.39 is 6.03 Å². The lowest BCUT2D eigenvalue weighted by Crippen LogP contribution is -2.25. The molecule has 3 amide bonds. The molecule has 1 fully saturated rings. The molecule has 238 valence electrons. The fourth-order valence-electron chi connectivity index (χ4n) is 5.82. The number of aryl methyl sites for hydroxylation is 1. The van der Waals surface area contributed by atoms with Crippen molar-refractivity contribution in [1.29, 1.82) is 0 Å². The number of ether oxygens (including phenoxy) is 2. The van der Waals surface area contributed by atoms with Crippen LogP contribution in [0.3, 0.4) is 0 Å². The van der Waals surface area contributed by atoms with E-state index in [0.29, 0.717) is 36.0 Å². The molecule has 3 N–H and O–H groups in total. The number of para-hydroxylation sites is 1. The molecule has 0 bridgehead atoms. The number of hydrogen-bond donors (Lipinski definition) is 3. The van der Waals surface area contributed by atoms with Gasteiger partial charge in [-0.2, -0.15) is 0 Å². The van der Waals surface area contributed by atoms with E-state index in [4.69, 9.17) is 9.47 Å². The maximum Gasteiger partial charge on any atom is 0.323 e. The third-order valence-electron chi connectivity index (χ3n) is 8.13. The minimum absolute atomic E-state index is 0.00843. The molecule has 2 atom stereocenters. The number of urea groups is 1. The van der Waals surface area contributed by atoms with Crippen LogP contribution in [0.1, 0.15) is 35.1 Å². The summed E-state index contributed by atoms with van der Waals surface area (Å²) in [7, 11) is 1.52. The Hall–Kier alpha value is -5.15. The summed E-state index contributed by atoms with van der Waals surface area (Å²) >= 11 is 0. The Balaban J connectivity index is 1.19. The van der Waals surface area contributed by atoms with E-state index >= 15 is 0 Å². The second-order valence-electron chi connectivity index (χ2n) is 11.4. The summed E-state index contributed by atoms with van der Waals surface area (Å²) in [6, 6.07) is 30.3. The largest absolute Gasteiger partial charge is 0.495 e. The van der Waals surface area contributed by atoms with Crippen LogP contribution in [-0.4, -0.2) is 49.6 Å². The Morgan fingerprint density at radius 2 is 1.52 bits per heavy atom. The van der Waals surface area contributed by atoms with Crippen LogP contribution in [0, 0.1) is 12.8 Å². The number of hydrogen-bond acceptors (Lipinski definition) is 6. The molecule has 0 radical (unpaired) electrons. The number of amides is 3. The third kappa shape index (κ3) is 8.31. The fraction of sp³-hybridized carbons (Fsp3) is 0.270. The van der Waals surface area contributed by atoms with E-state index in [2.05, 4.69) is 33.0 Å². The number of methoxy groups -OCH3 is 1. The molecule has 0 spiro atoms. The van der Waals surface area contributed by atoms with E-state index in [-0.39, 0.29) is 30.1 Å². The average molecular weight is 621 g/mol. The highest BCUT2D eigenvalue weighted by Crippen LogP contribution is 2.35. The number of nitrogens with one attached hydrogen (secondary N) is 3. The van der Waals surface area contributed by atoms with Crippen molar-refractivity contribution in [2.75, 3.05) is 42.8 Å². The van der Waals surface area contributed by atoms with Crippen molar-refractivity contribution in [3.05, 3.63) is 119 Å². The van der Waals surface area contributed by atoms with Gasteiger partial charge in [-0.1, -0.05) is 66.7 Å².